The molecule has 4 heteroatoms. The molecule has 0 radical (unpaired) electrons. The quantitative estimate of drug-likeness (QED) is 0.163. The summed E-state index contributed by atoms with van der Waals surface area (Å²) in [6.45, 7) is 0. The van der Waals surface area contributed by atoms with Crippen molar-refractivity contribution in [3.8, 4) is 51.0 Å². The Balaban J connectivity index is 0.941. The van der Waals surface area contributed by atoms with E-state index in [4.69, 9.17) is 15.0 Å². The predicted octanol–water partition coefficient (Wildman–Crippen LogP) is 15.4. The molecule has 63 heavy (non-hydrogen) atoms. The zero-order valence-corrected chi connectivity index (χ0v) is 34.1. The smallest absolute Gasteiger partial charge is 0.164 e. The van der Waals surface area contributed by atoms with Crippen molar-refractivity contribution < 1.29 is 0 Å². The summed E-state index contributed by atoms with van der Waals surface area (Å²) in [4.78, 5) is 15.9. The number of benzene rings is 11. The number of nitrogens with zero attached hydrogens (tertiary/aromatic N) is 4. The first-order valence-electron chi connectivity index (χ1n) is 21.4. The van der Waals surface area contributed by atoms with Gasteiger partial charge in [0.2, 0.25) is 0 Å². The highest BCUT2D eigenvalue weighted by molar-refractivity contribution is 6.21. The first kappa shape index (κ1) is 35.3. The normalized spacial score (nSPS) is 11.8. The average Bonchev–Trinajstić information content (AvgIpc) is 3.71. The van der Waals surface area contributed by atoms with Crippen molar-refractivity contribution in [2.24, 2.45) is 0 Å². The number of hydrogen-bond acceptors (Lipinski definition) is 3. The molecule has 0 spiro atoms. The van der Waals surface area contributed by atoms with E-state index in [1.807, 2.05) is 0 Å². The van der Waals surface area contributed by atoms with Gasteiger partial charge in [0.05, 0.1) is 11.0 Å². The van der Waals surface area contributed by atoms with E-state index in [2.05, 4.69) is 223 Å². The van der Waals surface area contributed by atoms with Crippen LogP contribution < -0.4 is 0 Å². The highest BCUT2D eigenvalue weighted by Gasteiger charge is 2.19. The number of rotatable bonds is 5. The maximum Gasteiger partial charge on any atom is 0.164 e. The Morgan fingerprint density at radius 1 is 0.270 bits per heavy atom. The van der Waals surface area contributed by atoms with Gasteiger partial charge in [0.15, 0.2) is 17.5 Å². The average molecular weight is 801 g/mol. The van der Waals surface area contributed by atoms with Crippen LogP contribution in [0.15, 0.2) is 218 Å². The molecule has 0 unspecified atom stereocenters. The highest BCUT2D eigenvalue weighted by atomic mass is 15.0. The van der Waals surface area contributed by atoms with Crippen LogP contribution in [0.5, 0.6) is 0 Å². The Hall–Kier alpha value is -8.47. The Kier molecular flexibility index (Phi) is 7.87. The van der Waals surface area contributed by atoms with Crippen molar-refractivity contribution in [2.75, 3.05) is 0 Å². The molecule has 11 aromatic carbocycles. The molecular weight excluding hydrogens is 765 g/mol. The van der Waals surface area contributed by atoms with Gasteiger partial charge < -0.3 is 4.57 Å². The predicted molar refractivity (Wildman–Crippen MR) is 263 cm³/mol. The molecule has 0 aliphatic carbocycles. The van der Waals surface area contributed by atoms with Crippen LogP contribution in [-0.4, -0.2) is 19.5 Å². The minimum absolute atomic E-state index is 0.630. The summed E-state index contributed by atoms with van der Waals surface area (Å²) in [7, 11) is 0. The summed E-state index contributed by atoms with van der Waals surface area (Å²) in [5.74, 6) is 1.92. The molecule has 0 amide bonds. The monoisotopic (exact) mass is 800 g/mol. The van der Waals surface area contributed by atoms with E-state index < -0.39 is 0 Å². The molecule has 4 nitrogen and oxygen atoms in total. The molecule has 0 saturated heterocycles. The van der Waals surface area contributed by atoms with Crippen molar-refractivity contribution in [3.05, 3.63) is 218 Å². The van der Waals surface area contributed by atoms with Crippen molar-refractivity contribution in [3.63, 3.8) is 0 Å². The van der Waals surface area contributed by atoms with Crippen LogP contribution in [0.1, 0.15) is 0 Å². The number of hydrogen-bond donors (Lipinski definition) is 0. The van der Waals surface area contributed by atoms with Gasteiger partial charge in [-0.15, -0.1) is 0 Å². The van der Waals surface area contributed by atoms with Gasteiger partial charge in [0.1, 0.15) is 0 Å². The third-order valence-electron chi connectivity index (χ3n) is 12.8. The summed E-state index contributed by atoms with van der Waals surface area (Å²) in [6.07, 6.45) is 0. The zero-order valence-electron chi connectivity index (χ0n) is 34.1. The van der Waals surface area contributed by atoms with E-state index in [0.717, 1.165) is 55.0 Å². The maximum absolute atomic E-state index is 5.34. The third kappa shape index (κ3) is 5.66. The molecule has 2 heterocycles. The Morgan fingerprint density at radius 2 is 0.698 bits per heavy atom. The van der Waals surface area contributed by atoms with Crippen LogP contribution in [0, 0.1) is 0 Å². The summed E-state index contributed by atoms with van der Waals surface area (Å²) in [5, 5.41) is 14.3. The Morgan fingerprint density at radius 3 is 1.29 bits per heavy atom. The SMILES string of the molecule is c1ccc2c(c1)cc(-c1nc(-c3ccc(-c4ccc(-n5c6ccccc6c6c7ccccc7ccc65)cc4)cc3)nc(-c3cc4ccccc4c4ccccc34)n1)c1ccccc12. The van der Waals surface area contributed by atoms with Crippen LogP contribution in [0.3, 0.4) is 0 Å². The molecule has 0 atom stereocenters. The molecule has 0 bridgehead atoms. The highest BCUT2D eigenvalue weighted by Crippen LogP contribution is 2.40. The molecule has 292 valence electrons. The van der Waals surface area contributed by atoms with Gasteiger partial charge >= 0.3 is 0 Å². The molecule has 2 aromatic heterocycles. The molecule has 13 rings (SSSR count). The summed E-state index contributed by atoms with van der Waals surface area (Å²) >= 11 is 0. The van der Waals surface area contributed by atoms with E-state index in [1.165, 1.54) is 54.1 Å². The largest absolute Gasteiger partial charge is 0.309 e. The molecule has 0 fully saturated rings. The molecule has 0 aliphatic heterocycles. The van der Waals surface area contributed by atoms with Crippen LogP contribution in [0.4, 0.5) is 0 Å². The molecule has 0 N–H and O–H groups in total. The number of fused-ring (bicyclic) bond motifs is 11. The van der Waals surface area contributed by atoms with E-state index in [9.17, 15) is 0 Å². The second-order valence-corrected chi connectivity index (χ2v) is 16.3. The van der Waals surface area contributed by atoms with Crippen LogP contribution >= 0.6 is 0 Å². The molecule has 0 aliphatic rings. The van der Waals surface area contributed by atoms with Gasteiger partial charge in [-0.25, -0.2) is 15.0 Å². The van der Waals surface area contributed by atoms with E-state index in [-0.39, 0.29) is 0 Å². The minimum Gasteiger partial charge on any atom is -0.309 e. The van der Waals surface area contributed by atoms with E-state index >= 15 is 0 Å². The first-order chi connectivity index (χ1) is 31.2. The van der Waals surface area contributed by atoms with Crippen molar-refractivity contribution in [1.29, 1.82) is 0 Å². The van der Waals surface area contributed by atoms with Crippen molar-refractivity contribution in [1.82, 2.24) is 19.5 Å². The van der Waals surface area contributed by atoms with Gasteiger partial charge in [-0.05, 0) is 101 Å². The minimum atomic E-state index is 0.630. The van der Waals surface area contributed by atoms with Crippen molar-refractivity contribution in [2.45, 2.75) is 0 Å². The van der Waals surface area contributed by atoms with Crippen LogP contribution in [-0.2, 0) is 0 Å². The number of para-hydroxylation sites is 1. The second kappa shape index (κ2) is 14.1. The summed E-state index contributed by atoms with van der Waals surface area (Å²) < 4.78 is 2.39. The third-order valence-corrected chi connectivity index (χ3v) is 12.8. The van der Waals surface area contributed by atoms with Gasteiger partial charge in [-0.3, -0.25) is 0 Å². The molecule has 13 aromatic rings. The van der Waals surface area contributed by atoms with Gasteiger partial charge in [0, 0.05) is 33.2 Å². The van der Waals surface area contributed by atoms with E-state index in [1.54, 1.807) is 0 Å². The van der Waals surface area contributed by atoms with Crippen LogP contribution in [0.2, 0.25) is 0 Å². The van der Waals surface area contributed by atoms with Gasteiger partial charge in [-0.2, -0.15) is 0 Å². The fourth-order valence-electron chi connectivity index (χ4n) is 9.86. The van der Waals surface area contributed by atoms with Crippen molar-refractivity contribution >= 4 is 75.7 Å². The standard InChI is InChI=1S/C59H36N4/c1-6-18-46-39(13-1)31-34-55-56(46)51-23-11-12-24-54(51)63(55)43-32-29-38(30-33-43)37-25-27-40(28-26-37)57-60-58(52-35-41-14-2-4-16-44(41)47-19-7-9-21-49(47)52)62-59(61-57)53-36-42-15-3-5-17-45(42)48-20-8-10-22-50(48)53/h1-36H. The Bertz CT molecular complexity index is 3820. The summed E-state index contributed by atoms with van der Waals surface area (Å²) in [5.41, 5.74) is 8.67. The number of aromatic nitrogens is 4. The first-order valence-corrected chi connectivity index (χ1v) is 21.4. The van der Waals surface area contributed by atoms with Crippen LogP contribution in [0.25, 0.3) is 127 Å². The lowest BCUT2D eigenvalue weighted by Crippen LogP contribution is -2.01. The lowest BCUT2D eigenvalue weighted by atomic mass is 9.96. The topological polar surface area (TPSA) is 43.6 Å². The second-order valence-electron chi connectivity index (χ2n) is 16.3. The zero-order chi connectivity index (χ0) is 41.4. The maximum atomic E-state index is 5.34. The molecule has 0 saturated carbocycles. The fraction of sp³-hybridized carbons (Fsp3) is 0. The lowest BCUT2D eigenvalue weighted by molar-refractivity contribution is 1.08. The van der Waals surface area contributed by atoms with E-state index in [0.29, 0.717) is 17.5 Å². The lowest BCUT2D eigenvalue weighted by Gasteiger charge is -2.14. The van der Waals surface area contributed by atoms with Gasteiger partial charge in [-0.1, -0.05) is 182 Å². The summed E-state index contributed by atoms with van der Waals surface area (Å²) in [6, 6.07) is 78.1. The fourth-order valence-corrected chi connectivity index (χ4v) is 9.86. The van der Waals surface area contributed by atoms with Gasteiger partial charge in [0.25, 0.3) is 0 Å². The Labute approximate surface area is 363 Å². The molecular formula is C59H36N4.